The molecule has 0 saturated carbocycles. The molecule has 0 heterocycles. The third kappa shape index (κ3) is 2.97. The van der Waals surface area contributed by atoms with E-state index in [1.54, 1.807) is 6.92 Å². The van der Waals surface area contributed by atoms with E-state index in [1.807, 2.05) is 0 Å². The maximum absolute atomic E-state index is 10.3. The molecule has 0 amide bonds. The zero-order valence-electron chi connectivity index (χ0n) is 4.66. The van der Waals surface area contributed by atoms with Crippen molar-refractivity contribution in [3.8, 4) is 0 Å². The number of hydrogen-bond acceptors (Lipinski definition) is 3. The molecule has 3 nitrogen and oxygen atoms in total. The van der Waals surface area contributed by atoms with Gasteiger partial charge in [-0.1, -0.05) is 6.58 Å². The van der Waals surface area contributed by atoms with E-state index in [4.69, 9.17) is 0 Å². The van der Waals surface area contributed by atoms with Gasteiger partial charge < -0.3 is 14.0 Å². The molecule has 0 radical (unpaired) electrons. The standard InChI is InChI=1S/C4H9O3P/c1-3-7-8(5,6)4-2/h4H,2-3H2,1H3,(H,5,6)/p-1. The van der Waals surface area contributed by atoms with Crippen molar-refractivity contribution in [3.63, 3.8) is 0 Å². The average molecular weight is 135 g/mol. The van der Waals surface area contributed by atoms with Gasteiger partial charge in [-0.15, -0.1) is 0 Å². The molecule has 0 aromatic carbocycles. The molecule has 8 heavy (non-hydrogen) atoms. The van der Waals surface area contributed by atoms with Crippen molar-refractivity contribution in [2.45, 2.75) is 6.92 Å². The molecule has 0 aromatic rings. The SMILES string of the molecule is C=CP(=O)([O-])OCC. The minimum absolute atomic E-state index is 0.173. The second-order valence-corrected chi connectivity index (χ2v) is 2.84. The Morgan fingerprint density at radius 2 is 2.50 bits per heavy atom. The van der Waals surface area contributed by atoms with Gasteiger partial charge in [-0.05, 0) is 12.7 Å². The molecule has 0 aliphatic rings. The van der Waals surface area contributed by atoms with Crippen molar-refractivity contribution in [1.82, 2.24) is 0 Å². The lowest BCUT2D eigenvalue weighted by atomic mass is 10.9. The monoisotopic (exact) mass is 135 g/mol. The summed E-state index contributed by atoms with van der Waals surface area (Å²) >= 11 is 0. The van der Waals surface area contributed by atoms with Crippen LogP contribution in [0.5, 0.6) is 0 Å². The van der Waals surface area contributed by atoms with Crippen molar-refractivity contribution in [3.05, 3.63) is 12.4 Å². The lowest BCUT2D eigenvalue weighted by Crippen LogP contribution is -2.00. The largest absolute Gasteiger partial charge is 0.775 e. The highest BCUT2D eigenvalue weighted by Gasteiger charge is 1.96. The van der Waals surface area contributed by atoms with Crippen LogP contribution in [0.2, 0.25) is 0 Å². The first-order valence-corrected chi connectivity index (χ1v) is 3.82. The molecule has 0 spiro atoms. The van der Waals surface area contributed by atoms with E-state index in [-0.39, 0.29) is 6.61 Å². The van der Waals surface area contributed by atoms with Crippen molar-refractivity contribution in [2.24, 2.45) is 0 Å². The summed E-state index contributed by atoms with van der Waals surface area (Å²) in [6.07, 6.45) is 0. The van der Waals surface area contributed by atoms with Crippen LogP contribution >= 0.6 is 7.60 Å². The van der Waals surface area contributed by atoms with E-state index in [2.05, 4.69) is 11.1 Å². The van der Waals surface area contributed by atoms with Crippen LogP contribution in [-0.4, -0.2) is 6.61 Å². The van der Waals surface area contributed by atoms with Gasteiger partial charge in [0, 0.05) is 0 Å². The van der Waals surface area contributed by atoms with Gasteiger partial charge in [0.2, 0.25) is 0 Å². The van der Waals surface area contributed by atoms with Crippen molar-refractivity contribution < 1.29 is 14.0 Å². The normalized spacial score (nSPS) is 17.2. The summed E-state index contributed by atoms with van der Waals surface area (Å²) in [6, 6.07) is 0. The van der Waals surface area contributed by atoms with E-state index in [1.165, 1.54) is 0 Å². The number of rotatable bonds is 3. The summed E-state index contributed by atoms with van der Waals surface area (Å²) in [5.74, 6) is 0.802. The Morgan fingerprint density at radius 3 is 2.62 bits per heavy atom. The fourth-order valence-corrected chi connectivity index (χ4v) is 0.698. The molecule has 0 bridgehead atoms. The minimum atomic E-state index is -3.66. The van der Waals surface area contributed by atoms with Crippen LogP contribution in [0.25, 0.3) is 0 Å². The molecule has 1 atom stereocenters. The van der Waals surface area contributed by atoms with E-state index in [9.17, 15) is 9.46 Å². The highest BCUT2D eigenvalue weighted by atomic mass is 31.2. The van der Waals surface area contributed by atoms with Gasteiger partial charge in [0.15, 0.2) is 7.60 Å². The van der Waals surface area contributed by atoms with Crippen LogP contribution < -0.4 is 4.89 Å². The third-order valence-corrected chi connectivity index (χ3v) is 1.60. The van der Waals surface area contributed by atoms with Gasteiger partial charge in [-0.2, -0.15) is 0 Å². The Kier molecular flexibility index (Phi) is 2.98. The molecule has 1 unspecified atom stereocenters. The summed E-state index contributed by atoms with van der Waals surface area (Å²) in [6.45, 7) is 4.83. The molecular weight excluding hydrogens is 127 g/mol. The smallest absolute Gasteiger partial charge is 0.157 e. The molecule has 0 fully saturated rings. The first kappa shape index (κ1) is 7.89. The first-order valence-electron chi connectivity index (χ1n) is 2.21. The van der Waals surface area contributed by atoms with Gasteiger partial charge in [-0.25, -0.2) is 0 Å². The molecule has 0 aliphatic heterocycles. The van der Waals surface area contributed by atoms with Crippen LogP contribution in [0.1, 0.15) is 6.92 Å². The summed E-state index contributed by atoms with van der Waals surface area (Å²) in [7, 11) is -3.66. The molecule has 0 N–H and O–H groups in total. The van der Waals surface area contributed by atoms with Gasteiger partial charge >= 0.3 is 0 Å². The van der Waals surface area contributed by atoms with Crippen molar-refractivity contribution in [2.75, 3.05) is 6.61 Å². The minimum Gasteiger partial charge on any atom is -0.775 e. The molecule has 0 saturated heterocycles. The van der Waals surface area contributed by atoms with Gasteiger partial charge in [0.25, 0.3) is 0 Å². The van der Waals surface area contributed by atoms with E-state index >= 15 is 0 Å². The average Bonchev–Trinajstić information content (AvgIpc) is 1.67. The molecule has 0 rings (SSSR count). The van der Waals surface area contributed by atoms with Crippen LogP contribution in [0.4, 0.5) is 0 Å². The zero-order valence-corrected chi connectivity index (χ0v) is 5.56. The Morgan fingerprint density at radius 1 is 2.00 bits per heavy atom. The van der Waals surface area contributed by atoms with Crippen molar-refractivity contribution >= 4 is 7.60 Å². The second-order valence-electron chi connectivity index (χ2n) is 1.14. The lowest BCUT2D eigenvalue weighted by Gasteiger charge is -2.16. The fourth-order valence-electron chi connectivity index (χ4n) is 0.233. The predicted octanol–water partition coefficient (Wildman–Crippen LogP) is 0.720. The second kappa shape index (κ2) is 3.02. The first-order chi connectivity index (χ1) is 3.62. The fraction of sp³-hybridized carbons (Fsp3) is 0.500. The summed E-state index contributed by atoms with van der Waals surface area (Å²) in [4.78, 5) is 10.3. The third-order valence-electron chi connectivity index (χ3n) is 0.533. The van der Waals surface area contributed by atoms with E-state index in [0.717, 1.165) is 5.82 Å². The predicted molar refractivity (Wildman–Crippen MR) is 29.4 cm³/mol. The molecule has 4 heteroatoms. The summed E-state index contributed by atoms with van der Waals surface area (Å²) in [5.41, 5.74) is 0. The van der Waals surface area contributed by atoms with Gasteiger partial charge in [-0.3, -0.25) is 0 Å². The maximum Gasteiger partial charge on any atom is 0.157 e. The Hall–Kier alpha value is -0.110. The molecule has 48 valence electrons. The van der Waals surface area contributed by atoms with E-state index < -0.39 is 7.60 Å². The highest BCUT2D eigenvalue weighted by molar-refractivity contribution is 7.54. The summed E-state index contributed by atoms with van der Waals surface area (Å²) < 4.78 is 14.5. The maximum atomic E-state index is 10.3. The molecule has 0 aromatic heterocycles. The van der Waals surface area contributed by atoms with E-state index in [0.29, 0.717) is 0 Å². The highest BCUT2D eigenvalue weighted by Crippen LogP contribution is 2.36. The Labute approximate surface area is 48.5 Å². The van der Waals surface area contributed by atoms with Crippen molar-refractivity contribution in [1.29, 1.82) is 0 Å². The Balaban J connectivity index is 3.73. The van der Waals surface area contributed by atoms with Gasteiger partial charge in [0.1, 0.15) is 0 Å². The van der Waals surface area contributed by atoms with Crippen LogP contribution in [-0.2, 0) is 9.09 Å². The number of hydrogen-bond donors (Lipinski definition) is 0. The van der Waals surface area contributed by atoms with Crippen LogP contribution in [0.3, 0.4) is 0 Å². The van der Waals surface area contributed by atoms with Gasteiger partial charge in [0.05, 0.1) is 6.61 Å². The topological polar surface area (TPSA) is 49.4 Å². The Bertz CT molecular complexity index is 120. The lowest BCUT2D eigenvalue weighted by molar-refractivity contribution is -0.194. The van der Waals surface area contributed by atoms with Crippen LogP contribution in [0, 0.1) is 0 Å². The van der Waals surface area contributed by atoms with Crippen LogP contribution in [0.15, 0.2) is 12.4 Å². The molecule has 0 aliphatic carbocycles. The quantitative estimate of drug-likeness (QED) is 0.535. The zero-order chi connectivity index (χ0) is 6.62. The summed E-state index contributed by atoms with van der Waals surface area (Å²) in [5, 5.41) is 0. The molecular formula is C4H8O3P-.